The third-order valence-electron chi connectivity index (χ3n) is 3.42. The van der Waals surface area contributed by atoms with Gasteiger partial charge >= 0.3 is 5.97 Å². The zero-order valence-electron chi connectivity index (χ0n) is 13.7. The lowest BCUT2D eigenvalue weighted by Crippen LogP contribution is -2.41. The molecule has 2 aromatic rings. The molecule has 0 spiro atoms. The predicted molar refractivity (Wildman–Crippen MR) is 91.6 cm³/mol. The van der Waals surface area contributed by atoms with Crippen molar-refractivity contribution in [2.45, 2.75) is 25.7 Å². The lowest BCUT2D eigenvalue weighted by Gasteiger charge is -2.17. The van der Waals surface area contributed by atoms with Crippen molar-refractivity contribution in [1.82, 2.24) is 5.32 Å². The molecule has 0 aliphatic heterocycles. The zero-order chi connectivity index (χ0) is 17.2. The highest BCUT2D eigenvalue weighted by atomic mass is 16.5. The summed E-state index contributed by atoms with van der Waals surface area (Å²) in [5.41, 5.74) is 0.939. The highest BCUT2D eigenvalue weighted by Gasteiger charge is 2.16. The molecule has 128 valence electrons. The Hall–Kier alpha value is -2.37. The van der Waals surface area contributed by atoms with Gasteiger partial charge in [-0.15, -0.1) is 0 Å². The molecular formula is C19H23NO4. The van der Waals surface area contributed by atoms with E-state index in [9.17, 15) is 9.90 Å². The summed E-state index contributed by atoms with van der Waals surface area (Å²) in [6.07, 6.45) is -0.713. The molecule has 0 bridgehead atoms. The maximum absolute atomic E-state index is 11.9. The highest BCUT2D eigenvalue weighted by molar-refractivity contribution is 5.75. The van der Waals surface area contributed by atoms with Crippen molar-refractivity contribution in [1.29, 1.82) is 0 Å². The third-order valence-corrected chi connectivity index (χ3v) is 3.42. The minimum atomic E-state index is -0.713. The Bertz CT molecular complexity index is 603. The Morgan fingerprint density at radius 3 is 2.38 bits per heavy atom. The molecule has 2 aromatic carbocycles. The maximum Gasteiger partial charge on any atom is 0.323 e. The number of nitrogens with one attached hydrogen (secondary N) is 1. The standard InChI is InChI=1S/C19H23NO4/c1-15(19(22)24-13-16-8-4-2-5-9-16)20-12-17(21)14-23-18-10-6-3-7-11-18/h2-11,15,17,20-21H,12-14H2,1H3. The van der Waals surface area contributed by atoms with Crippen molar-refractivity contribution in [2.24, 2.45) is 0 Å². The van der Waals surface area contributed by atoms with Crippen LogP contribution in [-0.2, 0) is 16.1 Å². The van der Waals surface area contributed by atoms with Gasteiger partial charge in [-0.05, 0) is 24.6 Å². The number of benzene rings is 2. The van der Waals surface area contributed by atoms with Crippen LogP contribution in [0.2, 0.25) is 0 Å². The van der Waals surface area contributed by atoms with Gasteiger partial charge in [0.1, 0.15) is 31.1 Å². The summed E-state index contributed by atoms with van der Waals surface area (Å²) in [6.45, 7) is 2.35. The molecule has 0 fully saturated rings. The first-order valence-corrected chi connectivity index (χ1v) is 7.95. The maximum atomic E-state index is 11.9. The molecule has 0 saturated heterocycles. The number of ether oxygens (including phenoxy) is 2. The predicted octanol–water partition coefficient (Wildman–Crippen LogP) is 2.15. The summed E-state index contributed by atoms with van der Waals surface area (Å²) in [5, 5.41) is 12.9. The molecule has 0 aliphatic rings. The summed E-state index contributed by atoms with van der Waals surface area (Å²) in [7, 11) is 0. The number of aliphatic hydroxyl groups excluding tert-OH is 1. The Kier molecular flexibility index (Phi) is 7.26. The number of hydrogen-bond acceptors (Lipinski definition) is 5. The topological polar surface area (TPSA) is 67.8 Å². The fraction of sp³-hybridized carbons (Fsp3) is 0.316. The van der Waals surface area contributed by atoms with Crippen LogP contribution in [0, 0.1) is 0 Å². The van der Waals surface area contributed by atoms with Crippen molar-refractivity contribution in [3.63, 3.8) is 0 Å². The van der Waals surface area contributed by atoms with Gasteiger partial charge in [-0.25, -0.2) is 0 Å². The van der Waals surface area contributed by atoms with Crippen LogP contribution < -0.4 is 10.1 Å². The Balaban J connectivity index is 1.64. The first kappa shape index (κ1) is 18.0. The Morgan fingerprint density at radius 1 is 1.08 bits per heavy atom. The highest BCUT2D eigenvalue weighted by Crippen LogP contribution is 2.08. The lowest BCUT2D eigenvalue weighted by atomic mass is 10.2. The number of carbonyl (C=O) groups excluding carboxylic acids is 1. The number of esters is 1. The molecule has 0 aliphatic carbocycles. The summed E-state index contributed by atoms with van der Waals surface area (Å²) < 4.78 is 10.7. The van der Waals surface area contributed by atoms with Gasteiger partial charge in [0.25, 0.3) is 0 Å². The van der Waals surface area contributed by atoms with E-state index >= 15 is 0 Å². The molecule has 0 saturated carbocycles. The van der Waals surface area contributed by atoms with Crippen molar-refractivity contribution in [3.05, 3.63) is 66.2 Å². The monoisotopic (exact) mass is 329 g/mol. The Morgan fingerprint density at radius 2 is 1.71 bits per heavy atom. The van der Waals surface area contributed by atoms with E-state index in [2.05, 4.69) is 5.32 Å². The van der Waals surface area contributed by atoms with E-state index in [1.54, 1.807) is 6.92 Å². The average molecular weight is 329 g/mol. The van der Waals surface area contributed by atoms with E-state index in [0.717, 1.165) is 5.56 Å². The quantitative estimate of drug-likeness (QED) is 0.690. The first-order valence-electron chi connectivity index (χ1n) is 7.95. The van der Waals surface area contributed by atoms with Gasteiger partial charge in [0, 0.05) is 6.54 Å². The molecule has 0 radical (unpaired) electrons. The van der Waals surface area contributed by atoms with Crippen LogP contribution in [-0.4, -0.2) is 36.4 Å². The number of hydrogen-bond donors (Lipinski definition) is 2. The van der Waals surface area contributed by atoms with Gasteiger partial charge in [0.15, 0.2) is 0 Å². The molecule has 2 rings (SSSR count). The van der Waals surface area contributed by atoms with E-state index in [0.29, 0.717) is 5.75 Å². The van der Waals surface area contributed by atoms with Crippen molar-refractivity contribution < 1.29 is 19.4 Å². The minimum Gasteiger partial charge on any atom is -0.491 e. The van der Waals surface area contributed by atoms with E-state index in [1.165, 1.54) is 0 Å². The number of para-hydroxylation sites is 1. The summed E-state index contributed by atoms with van der Waals surface area (Å²) in [4.78, 5) is 11.9. The van der Waals surface area contributed by atoms with Crippen LogP contribution in [0.4, 0.5) is 0 Å². The number of carbonyl (C=O) groups is 1. The normalized spacial score (nSPS) is 13.1. The van der Waals surface area contributed by atoms with E-state index in [4.69, 9.17) is 9.47 Å². The van der Waals surface area contributed by atoms with E-state index in [1.807, 2.05) is 60.7 Å². The molecule has 2 N–H and O–H groups in total. The van der Waals surface area contributed by atoms with Gasteiger partial charge in [-0.1, -0.05) is 48.5 Å². The van der Waals surface area contributed by atoms with Crippen LogP contribution >= 0.6 is 0 Å². The lowest BCUT2D eigenvalue weighted by molar-refractivity contribution is -0.147. The van der Waals surface area contributed by atoms with Crippen molar-refractivity contribution >= 4 is 5.97 Å². The molecule has 5 heteroatoms. The van der Waals surface area contributed by atoms with Crippen LogP contribution in [0.25, 0.3) is 0 Å². The molecule has 0 amide bonds. The summed E-state index contributed by atoms with van der Waals surface area (Å²) >= 11 is 0. The fourth-order valence-corrected chi connectivity index (χ4v) is 2.02. The molecule has 2 atom stereocenters. The average Bonchev–Trinajstić information content (AvgIpc) is 2.64. The van der Waals surface area contributed by atoms with Gasteiger partial charge in [0.05, 0.1) is 0 Å². The van der Waals surface area contributed by atoms with Crippen LogP contribution in [0.15, 0.2) is 60.7 Å². The molecule has 2 unspecified atom stereocenters. The van der Waals surface area contributed by atoms with Crippen molar-refractivity contribution in [3.8, 4) is 5.75 Å². The second kappa shape index (κ2) is 9.70. The first-order chi connectivity index (χ1) is 11.6. The number of rotatable bonds is 9. The minimum absolute atomic E-state index is 0.156. The zero-order valence-corrected chi connectivity index (χ0v) is 13.7. The second-order valence-electron chi connectivity index (χ2n) is 5.50. The number of aliphatic hydroxyl groups is 1. The van der Waals surface area contributed by atoms with Crippen LogP contribution in [0.5, 0.6) is 5.75 Å². The molecule has 24 heavy (non-hydrogen) atoms. The van der Waals surface area contributed by atoms with Crippen molar-refractivity contribution in [2.75, 3.05) is 13.2 Å². The largest absolute Gasteiger partial charge is 0.491 e. The summed E-state index contributed by atoms with van der Waals surface area (Å²) in [5.74, 6) is 0.349. The van der Waals surface area contributed by atoms with Crippen LogP contribution in [0.3, 0.4) is 0 Å². The smallest absolute Gasteiger partial charge is 0.323 e. The van der Waals surface area contributed by atoms with Crippen LogP contribution in [0.1, 0.15) is 12.5 Å². The molecule has 0 aromatic heterocycles. The molecule has 5 nitrogen and oxygen atoms in total. The van der Waals surface area contributed by atoms with Gasteiger partial charge in [0.2, 0.25) is 0 Å². The SMILES string of the molecule is CC(NCC(O)COc1ccccc1)C(=O)OCc1ccccc1. The summed E-state index contributed by atoms with van der Waals surface area (Å²) in [6, 6.07) is 18.3. The van der Waals surface area contributed by atoms with Gasteiger partial charge in [-0.3, -0.25) is 4.79 Å². The molecular weight excluding hydrogens is 306 g/mol. The van der Waals surface area contributed by atoms with Gasteiger partial charge in [-0.2, -0.15) is 0 Å². The van der Waals surface area contributed by atoms with E-state index < -0.39 is 12.1 Å². The second-order valence-corrected chi connectivity index (χ2v) is 5.50. The third kappa shape index (κ3) is 6.40. The Labute approximate surface area is 142 Å². The van der Waals surface area contributed by atoms with Gasteiger partial charge < -0.3 is 19.9 Å². The van der Waals surface area contributed by atoms with E-state index in [-0.39, 0.29) is 25.7 Å². The molecule has 0 heterocycles. The fourth-order valence-electron chi connectivity index (χ4n) is 2.02.